The maximum absolute atomic E-state index is 14.4. The Morgan fingerprint density at radius 2 is 1.52 bits per heavy atom. The summed E-state index contributed by atoms with van der Waals surface area (Å²) in [5.74, 6) is 0.932. The highest BCUT2D eigenvalue weighted by atomic mass is 19.2. The molecule has 0 amide bonds. The molecule has 3 rings (SSSR count). The predicted molar refractivity (Wildman–Crippen MR) is 101 cm³/mol. The fraction of sp³-hybridized carbons (Fsp3) is 0.591. The van der Waals surface area contributed by atoms with Gasteiger partial charge in [0, 0.05) is 6.21 Å². The molecule has 2 saturated carbocycles. The van der Waals surface area contributed by atoms with E-state index in [1.165, 1.54) is 31.9 Å². The van der Waals surface area contributed by atoms with Gasteiger partial charge in [-0.3, -0.25) is 4.99 Å². The summed E-state index contributed by atoms with van der Waals surface area (Å²) >= 11 is 0. The highest BCUT2D eigenvalue weighted by Crippen LogP contribution is 2.44. The van der Waals surface area contributed by atoms with Crippen LogP contribution in [0.4, 0.5) is 14.5 Å². The van der Waals surface area contributed by atoms with Crippen LogP contribution in [-0.4, -0.2) is 6.21 Å². The molecule has 3 heteroatoms. The zero-order valence-corrected chi connectivity index (χ0v) is 15.2. The zero-order valence-electron chi connectivity index (χ0n) is 15.2. The van der Waals surface area contributed by atoms with Crippen molar-refractivity contribution in [3.8, 4) is 0 Å². The van der Waals surface area contributed by atoms with Crippen molar-refractivity contribution < 1.29 is 8.78 Å². The van der Waals surface area contributed by atoms with E-state index in [0.29, 0.717) is 11.5 Å². The molecule has 0 spiro atoms. The van der Waals surface area contributed by atoms with Crippen molar-refractivity contribution in [2.75, 3.05) is 0 Å². The van der Waals surface area contributed by atoms with Crippen LogP contribution in [0.1, 0.15) is 69.8 Å². The average Bonchev–Trinajstić information content (AvgIpc) is 2.66. The lowest BCUT2D eigenvalue weighted by Crippen LogP contribution is -2.25. The first kappa shape index (κ1) is 18.3. The number of allylic oxidation sites excluding steroid dienone is 1. The summed E-state index contributed by atoms with van der Waals surface area (Å²) in [5.41, 5.74) is 0.637. The molecule has 0 atom stereocenters. The normalized spacial score (nSPS) is 30.5. The first-order valence-corrected chi connectivity index (χ1v) is 9.73. The van der Waals surface area contributed by atoms with Crippen LogP contribution in [0, 0.1) is 29.4 Å². The van der Waals surface area contributed by atoms with Crippen LogP contribution < -0.4 is 0 Å². The van der Waals surface area contributed by atoms with Crippen LogP contribution >= 0.6 is 0 Å². The lowest BCUT2D eigenvalue weighted by Gasteiger charge is -2.37. The van der Waals surface area contributed by atoms with E-state index >= 15 is 0 Å². The molecule has 0 aromatic heterocycles. The van der Waals surface area contributed by atoms with Crippen LogP contribution in [0.3, 0.4) is 0 Å². The predicted octanol–water partition coefficient (Wildman–Crippen LogP) is 6.95. The molecule has 0 saturated heterocycles. The Morgan fingerprint density at radius 1 is 0.920 bits per heavy atom. The molecule has 0 heterocycles. The quantitative estimate of drug-likeness (QED) is 0.413. The number of nitrogens with zero attached hydrogens (tertiary/aromatic N) is 1. The maximum Gasteiger partial charge on any atom is 0.184 e. The lowest BCUT2D eigenvalue weighted by atomic mass is 9.68. The van der Waals surface area contributed by atoms with Gasteiger partial charge in [0.15, 0.2) is 11.6 Å². The van der Waals surface area contributed by atoms with Gasteiger partial charge in [0.1, 0.15) is 5.69 Å². The van der Waals surface area contributed by atoms with Crippen LogP contribution in [0.2, 0.25) is 0 Å². The Balaban J connectivity index is 1.61. The van der Waals surface area contributed by atoms with Gasteiger partial charge >= 0.3 is 0 Å². The molecule has 0 unspecified atom stereocenters. The van der Waals surface area contributed by atoms with E-state index in [2.05, 4.69) is 17.6 Å². The van der Waals surface area contributed by atoms with Gasteiger partial charge in [-0.25, -0.2) is 8.78 Å². The highest BCUT2D eigenvalue weighted by Gasteiger charge is 2.32. The molecule has 1 aromatic rings. The Labute approximate surface area is 150 Å². The van der Waals surface area contributed by atoms with Gasteiger partial charge in [-0.05, 0) is 93.6 Å². The zero-order chi connectivity index (χ0) is 17.8. The second-order valence-electron chi connectivity index (χ2n) is 7.71. The minimum atomic E-state index is -0.805. The van der Waals surface area contributed by atoms with Crippen LogP contribution in [-0.2, 0) is 0 Å². The van der Waals surface area contributed by atoms with Gasteiger partial charge in [0.2, 0.25) is 0 Å². The van der Waals surface area contributed by atoms with Crippen molar-refractivity contribution in [3.63, 3.8) is 0 Å². The number of hydrogen-bond donors (Lipinski definition) is 0. The third-order valence-electron chi connectivity index (χ3n) is 6.39. The van der Waals surface area contributed by atoms with Gasteiger partial charge in [-0.1, -0.05) is 12.1 Å². The summed E-state index contributed by atoms with van der Waals surface area (Å²) in [7, 11) is 0. The SMILES string of the molecule is C=CC1CCC(C2CCC(c3ccc(N=CC)c(F)c3F)CC2)CC1. The molecule has 0 radical (unpaired) electrons. The molecular weight excluding hydrogens is 316 g/mol. The molecular formula is C22H29F2N. The van der Waals surface area contributed by atoms with Crippen molar-refractivity contribution in [1.29, 1.82) is 0 Å². The Hall–Kier alpha value is -1.51. The number of rotatable bonds is 4. The standard InChI is InChI=1S/C22H29F2N/c1-3-15-5-7-16(8-6-15)17-9-11-18(12-10-17)19-13-14-20(25-4-2)22(24)21(19)23/h3-4,13-18H,1,5-12H2,2H3. The number of hydrogen-bond acceptors (Lipinski definition) is 1. The topological polar surface area (TPSA) is 12.4 Å². The summed E-state index contributed by atoms with van der Waals surface area (Å²) in [6.07, 6.45) is 13.0. The van der Waals surface area contributed by atoms with E-state index in [1.807, 2.05) is 0 Å². The minimum Gasteiger partial charge on any atom is -0.258 e. The van der Waals surface area contributed by atoms with Gasteiger partial charge < -0.3 is 0 Å². The van der Waals surface area contributed by atoms with E-state index in [9.17, 15) is 8.78 Å². The first-order chi connectivity index (χ1) is 12.1. The molecule has 1 aromatic carbocycles. The molecule has 2 fully saturated rings. The Bertz CT molecular complexity index is 621. The van der Waals surface area contributed by atoms with Gasteiger partial charge in [-0.2, -0.15) is 0 Å². The molecule has 0 N–H and O–H groups in total. The van der Waals surface area contributed by atoms with Crippen LogP contribution in [0.5, 0.6) is 0 Å². The summed E-state index contributed by atoms with van der Waals surface area (Å²) in [4.78, 5) is 3.89. The first-order valence-electron chi connectivity index (χ1n) is 9.73. The van der Waals surface area contributed by atoms with Gasteiger partial charge in [-0.15, -0.1) is 6.58 Å². The van der Waals surface area contributed by atoms with Crippen molar-refractivity contribution in [1.82, 2.24) is 0 Å². The Kier molecular flexibility index (Phi) is 6.03. The molecule has 2 aliphatic carbocycles. The second-order valence-corrected chi connectivity index (χ2v) is 7.71. The van der Waals surface area contributed by atoms with E-state index in [0.717, 1.165) is 37.5 Å². The average molecular weight is 345 g/mol. The highest BCUT2D eigenvalue weighted by molar-refractivity contribution is 5.61. The third kappa shape index (κ3) is 4.02. The maximum atomic E-state index is 14.4. The fourth-order valence-electron chi connectivity index (χ4n) is 4.86. The van der Waals surface area contributed by atoms with Crippen LogP contribution in [0.25, 0.3) is 0 Å². The summed E-state index contributed by atoms with van der Waals surface area (Å²) in [5, 5.41) is 0. The summed E-state index contributed by atoms with van der Waals surface area (Å²) in [6.45, 7) is 5.63. The van der Waals surface area contributed by atoms with Crippen molar-refractivity contribution in [2.24, 2.45) is 22.7 Å². The van der Waals surface area contributed by atoms with E-state index < -0.39 is 11.6 Å². The van der Waals surface area contributed by atoms with Crippen molar-refractivity contribution in [2.45, 2.75) is 64.2 Å². The molecule has 2 aliphatic rings. The lowest BCUT2D eigenvalue weighted by molar-refractivity contribution is 0.171. The Morgan fingerprint density at radius 3 is 2.08 bits per heavy atom. The smallest absolute Gasteiger partial charge is 0.184 e. The van der Waals surface area contributed by atoms with Crippen molar-refractivity contribution >= 4 is 11.9 Å². The number of benzene rings is 1. The monoisotopic (exact) mass is 345 g/mol. The summed E-state index contributed by atoms with van der Waals surface area (Å²) in [6, 6.07) is 3.34. The fourth-order valence-corrected chi connectivity index (χ4v) is 4.86. The van der Waals surface area contributed by atoms with E-state index in [1.54, 1.807) is 19.1 Å². The van der Waals surface area contributed by atoms with E-state index in [-0.39, 0.29) is 11.6 Å². The number of halogens is 2. The minimum absolute atomic E-state index is 0.0939. The van der Waals surface area contributed by atoms with Crippen molar-refractivity contribution in [3.05, 3.63) is 42.0 Å². The van der Waals surface area contributed by atoms with Gasteiger partial charge in [0.05, 0.1) is 0 Å². The molecule has 0 aliphatic heterocycles. The molecule has 1 nitrogen and oxygen atoms in total. The third-order valence-corrected chi connectivity index (χ3v) is 6.39. The van der Waals surface area contributed by atoms with E-state index in [4.69, 9.17) is 0 Å². The largest absolute Gasteiger partial charge is 0.258 e. The molecule has 25 heavy (non-hydrogen) atoms. The van der Waals surface area contributed by atoms with Gasteiger partial charge in [0.25, 0.3) is 0 Å². The second kappa shape index (κ2) is 8.25. The van der Waals surface area contributed by atoms with Crippen LogP contribution in [0.15, 0.2) is 29.8 Å². The number of aliphatic imine (C=N–C) groups is 1. The molecule has 0 bridgehead atoms. The molecule has 136 valence electrons. The summed E-state index contributed by atoms with van der Waals surface area (Å²) < 4.78 is 28.6.